The number of nitrogens with zero attached hydrogens (tertiary/aromatic N) is 1. The number of benzene rings is 2. The highest BCUT2D eigenvalue weighted by atomic mass is 14.6. The van der Waals surface area contributed by atoms with Crippen LogP contribution in [0.4, 0.5) is 0 Å². The molecule has 0 radical (unpaired) electrons. The van der Waals surface area contributed by atoms with Crippen LogP contribution < -0.4 is 10.4 Å². The third kappa shape index (κ3) is 1.97. The van der Waals surface area contributed by atoms with Crippen LogP contribution >= 0.6 is 0 Å². The first-order valence-electron chi connectivity index (χ1n) is 7.75. The van der Waals surface area contributed by atoms with Gasteiger partial charge in [-0.3, -0.25) is 4.98 Å². The highest BCUT2D eigenvalue weighted by Crippen LogP contribution is 2.24. The summed E-state index contributed by atoms with van der Waals surface area (Å²) < 4.78 is 0. The molecule has 22 heavy (non-hydrogen) atoms. The SMILES string of the molecule is Cc1ccc2c3c(c4cccnc4c2c1)=CC(C)(C)C=CC=3. The third-order valence-corrected chi connectivity index (χ3v) is 4.41. The van der Waals surface area contributed by atoms with Gasteiger partial charge in [-0.05, 0) is 34.9 Å². The first kappa shape index (κ1) is 13.3. The number of allylic oxidation sites excluding steroid dienone is 2. The number of pyridine rings is 1. The molecule has 3 aromatic rings. The molecule has 0 N–H and O–H groups in total. The van der Waals surface area contributed by atoms with Crippen molar-refractivity contribution in [1.29, 1.82) is 0 Å². The predicted molar refractivity (Wildman–Crippen MR) is 95.1 cm³/mol. The van der Waals surface area contributed by atoms with Gasteiger partial charge in [0.1, 0.15) is 0 Å². The molecule has 0 atom stereocenters. The highest BCUT2D eigenvalue weighted by molar-refractivity contribution is 6.06. The van der Waals surface area contributed by atoms with Crippen LogP contribution in [0.5, 0.6) is 0 Å². The largest absolute Gasteiger partial charge is 0.256 e. The van der Waals surface area contributed by atoms with Crippen molar-refractivity contribution in [2.45, 2.75) is 20.8 Å². The smallest absolute Gasteiger partial charge is 0.0786 e. The number of rotatable bonds is 0. The van der Waals surface area contributed by atoms with E-state index in [0.29, 0.717) is 0 Å². The van der Waals surface area contributed by atoms with Gasteiger partial charge in [0, 0.05) is 22.4 Å². The topological polar surface area (TPSA) is 12.9 Å². The average molecular weight is 285 g/mol. The maximum atomic E-state index is 4.68. The molecule has 1 heterocycles. The quantitative estimate of drug-likeness (QED) is 0.572. The third-order valence-electron chi connectivity index (χ3n) is 4.41. The number of aromatic nitrogens is 1. The van der Waals surface area contributed by atoms with Gasteiger partial charge in [-0.15, -0.1) is 0 Å². The summed E-state index contributed by atoms with van der Waals surface area (Å²) in [4.78, 5) is 4.68. The van der Waals surface area contributed by atoms with E-state index in [1.54, 1.807) is 0 Å². The molecule has 0 fully saturated rings. The summed E-state index contributed by atoms with van der Waals surface area (Å²) in [6, 6.07) is 10.9. The maximum Gasteiger partial charge on any atom is 0.0786 e. The Balaban J connectivity index is 2.38. The summed E-state index contributed by atoms with van der Waals surface area (Å²) in [6.45, 7) is 6.63. The molecule has 0 aliphatic heterocycles. The van der Waals surface area contributed by atoms with Crippen molar-refractivity contribution in [2.24, 2.45) is 5.41 Å². The van der Waals surface area contributed by atoms with E-state index >= 15 is 0 Å². The van der Waals surface area contributed by atoms with E-state index in [0.717, 1.165) is 5.52 Å². The number of aryl methyl sites for hydroxylation is 1. The minimum Gasteiger partial charge on any atom is -0.256 e. The first-order valence-corrected chi connectivity index (χ1v) is 7.75. The van der Waals surface area contributed by atoms with E-state index in [9.17, 15) is 0 Å². The van der Waals surface area contributed by atoms with Crippen LogP contribution in [0.1, 0.15) is 19.4 Å². The average Bonchev–Trinajstić information content (AvgIpc) is 2.65. The van der Waals surface area contributed by atoms with Gasteiger partial charge in [-0.2, -0.15) is 0 Å². The van der Waals surface area contributed by atoms with E-state index in [-0.39, 0.29) is 5.41 Å². The van der Waals surface area contributed by atoms with E-state index in [1.165, 1.54) is 32.2 Å². The molecule has 0 bridgehead atoms. The fraction of sp³-hybridized carbons (Fsp3) is 0.190. The lowest BCUT2D eigenvalue weighted by atomic mass is 9.91. The zero-order valence-corrected chi connectivity index (χ0v) is 13.2. The number of fused-ring (bicyclic) bond motifs is 6. The minimum absolute atomic E-state index is 0.0445. The van der Waals surface area contributed by atoms with Gasteiger partial charge in [0.25, 0.3) is 0 Å². The Kier molecular flexibility index (Phi) is 2.74. The Bertz CT molecular complexity index is 1050. The summed E-state index contributed by atoms with van der Waals surface area (Å²) in [7, 11) is 0. The van der Waals surface area contributed by atoms with Crippen LogP contribution in [-0.2, 0) is 0 Å². The lowest BCUT2D eigenvalue weighted by Gasteiger charge is -2.14. The molecular formula is C21H19N. The molecule has 0 unspecified atom stereocenters. The van der Waals surface area contributed by atoms with Gasteiger partial charge >= 0.3 is 0 Å². The van der Waals surface area contributed by atoms with Crippen LogP contribution in [0.3, 0.4) is 0 Å². The van der Waals surface area contributed by atoms with Crippen molar-refractivity contribution in [2.75, 3.05) is 0 Å². The summed E-state index contributed by atoms with van der Waals surface area (Å²) in [5.74, 6) is 0. The molecule has 0 saturated heterocycles. The Morgan fingerprint density at radius 3 is 2.68 bits per heavy atom. The molecule has 1 aliphatic rings. The van der Waals surface area contributed by atoms with Crippen molar-refractivity contribution >= 4 is 33.8 Å². The van der Waals surface area contributed by atoms with Crippen molar-refractivity contribution in [3.63, 3.8) is 0 Å². The standard InChI is InChI=1S/C21H19N/c1-14-8-9-16-15-6-4-10-21(2,3)13-19(15)17-7-5-11-22-20(17)18(16)12-14/h4-13H,1-3H3. The fourth-order valence-electron chi connectivity index (χ4n) is 3.36. The second-order valence-corrected chi connectivity index (χ2v) is 6.77. The molecule has 1 aliphatic carbocycles. The molecule has 0 spiro atoms. The molecule has 2 aromatic carbocycles. The number of hydrogen-bond donors (Lipinski definition) is 0. The summed E-state index contributed by atoms with van der Waals surface area (Å²) in [6.07, 6.45) is 10.9. The van der Waals surface area contributed by atoms with Crippen molar-refractivity contribution in [3.05, 3.63) is 64.7 Å². The van der Waals surface area contributed by atoms with E-state index in [2.05, 4.69) is 74.3 Å². The maximum absolute atomic E-state index is 4.68. The summed E-state index contributed by atoms with van der Waals surface area (Å²) in [5.41, 5.74) is 2.42. The molecule has 1 aromatic heterocycles. The monoisotopic (exact) mass is 285 g/mol. The fourth-order valence-corrected chi connectivity index (χ4v) is 3.36. The van der Waals surface area contributed by atoms with Crippen molar-refractivity contribution < 1.29 is 0 Å². The molecule has 0 amide bonds. The second-order valence-electron chi connectivity index (χ2n) is 6.77. The number of hydrogen-bond acceptors (Lipinski definition) is 1. The molecule has 1 nitrogen and oxygen atoms in total. The van der Waals surface area contributed by atoms with Crippen molar-refractivity contribution in [1.82, 2.24) is 4.98 Å². The lowest BCUT2D eigenvalue weighted by molar-refractivity contribution is 0.671. The molecule has 1 heteroatoms. The van der Waals surface area contributed by atoms with Crippen LogP contribution in [0, 0.1) is 12.3 Å². The van der Waals surface area contributed by atoms with Gasteiger partial charge in [0.05, 0.1) is 5.52 Å². The Morgan fingerprint density at radius 2 is 1.82 bits per heavy atom. The predicted octanol–water partition coefficient (Wildman–Crippen LogP) is 3.85. The van der Waals surface area contributed by atoms with Gasteiger partial charge < -0.3 is 0 Å². The normalized spacial score (nSPS) is 16.0. The van der Waals surface area contributed by atoms with Crippen LogP contribution in [0.15, 0.2) is 48.7 Å². The van der Waals surface area contributed by atoms with E-state index in [1.807, 2.05) is 12.3 Å². The first-order chi connectivity index (χ1) is 10.6. The Morgan fingerprint density at radius 1 is 0.955 bits per heavy atom. The van der Waals surface area contributed by atoms with E-state index < -0.39 is 0 Å². The van der Waals surface area contributed by atoms with Crippen LogP contribution in [0.25, 0.3) is 33.8 Å². The van der Waals surface area contributed by atoms with Gasteiger partial charge in [-0.25, -0.2) is 0 Å². The van der Waals surface area contributed by atoms with Crippen LogP contribution in [0.2, 0.25) is 0 Å². The molecule has 108 valence electrons. The minimum atomic E-state index is 0.0445. The second kappa shape index (κ2) is 4.54. The van der Waals surface area contributed by atoms with Gasteiger partial charge in [0.15, 0.2) is 0 Å². The zero-order chi connectivity index (χ0) is 15.3. The summed E-state index contributed by atoms with van der Waals surface area (Å²) >= 11 is 0. The van der Waals surface area contributed by atoms with Gasteiger partial charge in [0.2, 0.25) is 0 Å². The zero-order valence-electron chi connectivity index (χ0n) is 13.2. The Labute approximate surface area is 130 Å². The van der Waals surface area contributed by atoms with Crippen molar-refractivity contribution in [3.8, 4) is 0 Å². The molecular weight excluding hydrogens is 266 g/mol. The van der Waals surface area contributed by atoms with Gasteiger partial charge in [-0.1, -0.05) is 61.9 Å². The lowest BCUT2D eigenvalue weighted by Crippen LogP contribution is -2.28. The summed E-state index contributed by atoms with van der Waals surface area (Å²) in [5, 5.41) is 6.37. The van der Waals surface area contributed by atoms with Crippen LogP contribution in [-0.4, -0.2) is 4.98 Å². The van der Waals surface area contributed by atoms with E-state index in [4.69, 9.17) is 0 Å². The Hall–Kier alpha value is -2.41. The highest BCUT2D eigenvalue weighted by Gasteiger charge is 2.14. The molecule has 4 rings (SSSR count). The molecule has 0 saturated carbocycles.